The van der Waals surface area contributed by atoms with Crippen molar-refractivity contribution in [1.29, 1.82) is 0 Å². The highest BCUT2D eigenvalue weighted by Crippen LogP contribution is 2.43. The van der Waals surface area contributed by atoms with Gasteiger partial charge in [-0.2, -0.15) is 0 Å². The van der Waals surface area contributed by atoms with Crippen LogP contribution in [-0.2, 0) is 9.47 Å². The number of fused-ring (bicyclic) bond motifs is 1. The Bertz CT molecular complexity index is 245. The van der Waals surface area contributed by atoms with Gasteiger partial charge in [0, 0.05) is 10.2 Å². The molecule has 1 saturated heterocycles. The van der Waals surface area contributed by atoms with E-state index < -0.39 is 0 Å². The van der Waals surface area contributed by atoms with Crippen molar-refractivity contribution in [3.8, 4) is 0 Å². The van der Waals surface area contributed by atoms with Crippen molar-refractivity contribution in [1.82, 2.24) is 0 Å². The highest BCUT2D eigenvalue weighted by Gasteiger charge is 2.38. The number of thioether (sulfide) groups is 1. The summed E-state index contributed by atoms with van der Waals surface area (Å²) in [5.41, 5.74) is 0. The van der Waals surface area contributed by atoms with Crippen molar-refractivity contribution >= 4 is 11.8 Å². The van der Waals surface area contributed by atoms with Crippen LogP contribution in [0.25, 0.3) is 0 Å². The summed E-state index contributed by atoms with van der Waals surface area (Å²) in [6.45, 7) is 4.61. The zero-order chi connectivity index (χ0) is 8.55. The lowest BCUT2D eigenvalue weighted by molar-refractivity contribution is 0.0499. The predicted molar refractivity (Wildman–Crippen MR) is 49.7 cm³/mol. The second-order valence-corrected chi connectivity index (χ2v) is 4.32. The van der Waals surface area contributed by atoms with E-state index in [0.717, 1.165) is 5.76 Å². The highest BCUT2D eigenvalue weighted by molar-refractivity contribution is 8.04. The zero-order valence-electron chi connectivity index (χ0n) is 7.24. The van der Waals surface area contributed by atoms with E-state index in [1.165, 1.54) is 4.91 Å². The number of allylic oxidation sites excluding steroid dienone is 2. The lowest BCUT2D eigenvalue weighted by Gasteiger charge is -2.06. The first-order valence-corrected chi connectivity index (χ1v) is 4.99. The molecule has 0 aromatic carbocycles. The van der Waals surface area contributed by atoms with E-state index in [0.29, 0.717) is 12.0 Å². The molecule has 0 saturated carbocycles. The first-order valence-electron chi connectivity index (χ1n) is 4.11. The summed E-state index contributed by atoms with van der Waals surface area (Å²) in [5.74, 6) is 1.03. The molecule has 2 atom stereocenters. The molecule has 0 N–H and O–H groups in total. The first kappa shape index (κ1) is 8.20. The molecule has 0 aromatic rings. The molecule has 0 spiro atoms. The largest absolute Gasteiger partial charge is 0.468 e. The number of hydrogen-bond donors (Lipinski definition) is 0. The van der Waals surface area contributed by atoms with E-state index in [-0.39, 0.29) is 6.10 Å². The number of hydrogen-bond acceptors (Lipinski definition) is 3. The maximum absolute atomic E-state index is 5.43. The molecule has 2 nitrogen and oxygen atoms in total. The molecule has 0 aromatic heterocycles. The zero-order valence-corrected chi connectivity index (χ0v) is 8.06. The van der Waals surface area contributed by atoms with Crippen LogP contribution < -0.4 is 0 Å². The SMILES string of the molecule is C/C=C/C1=C2OCOC2C(C)S1. The maximum Gasteiger partial charge on any atom is 0.189 e. The molecule has 1 fully saturated rings. The fraction of sp³-hybridized carbons (Fsp3) is 0.556. The van der Waals surface area contributed by atoms with Crippen LogP contribution >= 0.6 is 11.8 Å². The van der Waals surface area contributed by atoms with E-state index in [1.807, 2.05) is 24.8 Å². The molecule has 12 heavy (non-hydrogen) atoms. The summed E-state index contributed by atoms with van der Waals surface area (Å²) in [6, 6.07) is 0. The van der Waals surface area contributed by atoms with Gasteiger partial charge in [0.25, 0.3) is 0 Å². The third kappa shape index (κ3) is 1.17. The minimum Gasteiger partial charge on any atom is -0.468 e. The average Bonchev–Trinajstić information content (AvgIpc) is 2.58. The standard InChI is InChI=1S/C9H12O2S/c1-3-4-7-9-8(6(2)12-7)10-5-11-9/h3-4,6,8H,5H2,1-2H3/b4-3+. The molecule has 2 unspecified atom stereocenters. The minimum atomic E-state index is 0.196. The van der Waals surface area contributed by atoms with E-state index in [2.05, 4.69) is 13.0 Å². The molecule has 2 aliphatic rings. The van der Waals surface area contributed by atoms with Crippen LogP contribution in [0.15, 0.2) is 22.8 Å². The van der Waals surface area contributed by atoms with Gasteiger partial charge in [0.05, 0.1) is 0 Å². The number of rotatable bonds is 1. The van der Waals surface area contributed by atoms with Crippen LogP contribution in [0.4, 0.5) is 0 Å². The Kier molecular flexibility index (Phi) is 2.15. The fourth-order valence-corrected chi connectivity index (χ4v) is 2.71. The van der Waals surface area contributed by atoms with Gasteiger partial charge < -0.3 is 9.47 Å². The lowest BCUT2D eigenvalue weighted by Crippen LogP contribution is -2.15. The van der Waals surface area contributed by atoms with Crippen molar-refractivity contribution in [3.05, 3.63) is 22.8 Å². The lowest BCUT2D eigenvalue weighted by atomic mass is 10.2. The molecule has 2 aliphatic heterocycles. The monoisotopic (exact) mass is 184 g/mol. The Morgan fingerprint density at radius 1 is 1.58 bits per heavy atom. The molecule has 0 amide bonds. The third-order valence-corrected chi connectivity index (χ3v) is 3.23. The van der Waals surface area contributed by atoms with E-state index in [9.17, 15) is 0 Å². The molecule has 0 bridgehead atoms. The van der Waals surface area contributed by atoms with Gasteiger partial charge in [0.15, 0.2) is 6.79 Å². The van der Waals surface area contributed by atoms with E-state index >= 15 is 0 Å². The third-order valence-electron chi connectivity index (χ3n) is 2.02. The van der Waals surface area contributed by atoms with Gasteiger partial charge >= 0.3 is 0 Å². The van der Waals surface area contributed by atoms with Crippen LogP contribution in [0.5, 0.6) is 0 Å². The minimum absolute atomic E-state index is 0.196. The van der Waals surface area contributed by atoms with Crippen LogP contribution in [0.2, 0.25) is 0 Å². The molecule has 2 heterocycles. The number of ether oxygens (including phenoxy) is 2. The molecule has 66 valence electrons. The second-order valence-electron chi connectivity index (χ2n) is 2.90. The van der Waals surface area contributed by atoms with Crippen LogP contribution in [-0.4, -0.2) is 18.1 Å². The molecule has 3 heteroatoms. The van der Waals surface area contributed by atoms with Crippen molar-refractivity contribution < 1.29 is 9.47 Å². The summed E-state index contributed by atoms with van der Waals surface area (Å²) in [7, 11) is 0. The Morgan fingerprint density at radius 3 is 3.17 bits per heavy atom. The van der Waals surface area contributed by atoms with Gasteiger partial charge in [0.1, 0.15) is 11.9 Å². The van der Waals surface area contributed by atoms with Gasteiger partial charge in [-0.1, -0.05) is 6.08 Å². The Balaban J connectivity index is 2.26. The summed E-state index contributed by atoms with van der Waals surface area (Å²) in [5, 5.41) is 0.494. The molecule has 0 aliphatic carbocycles. The summed E-state index contributed by atoms with van der Waals surface area (Å²) in [4.78, 5) is 1.23. The van der Waals surface area contributed by atoms with E-state index in [1.54, 1.807) is 0 Å². The van der Waals surface area contributed by atoms with E-state index in [4.69, 9.17) is 9.47 Å². The Morgan fingerprint density at radius 2 is 2.42 bits per heavy atom. The van der Waals surface area contributed by atoms with Crippen molar-refractivity contribution in [2.45, 2.75) is 25.2 Å². The Labute approximate surface area is 76.6 Å². The average molecular weight is 184 g/mol. The topological polar surface area (TPSA) is 18.5 Å². The van der Waals surface area contributed by atoms with Crippen molar-refractivity contribution in [2.75, 3.05) is 6.79 Å². The van der Waals surface area contributed by atoms with Gasteiger partial charge in [-0.25, -0.2) is 0 Å². The van der Waals surface area contributed by atoms with Gasteiger partial charge in [-0.15, -0.1) is 11.8 Å². The second kappa shape index (κ2) is 3.15. The first-order chi connectivity index (χ1) is 5.83. The summed E-state index contributed by atoms with van der Waals surface area (Å²) < 4.78 is 10.8. The normalized spacial score (nSPS) is 34.5. The quantitative estimate of drug-likeness (QED) is 0.623. The molecule has 0 radical (unpaired) electrons. The fourth-order valence-electron chi connectivity index (χ4n) is 1.48. The van der Waals surface area contributed by atoms with Crippen molar-refractivity contribution in [3.63, 3.8) is 0 Å². The molecule has 2 rings (SSSR count). The Hall–Kier alpha value is -0.410. The summed E-state index contributed by atoms with van der Waals surface area (Å²) in [6.07, 6.45) is 4.32. The smallest absolute Gasteiger partial charge is 0.189 e. The van der Waals surface area contributed by atoms with Crippen LogP contribution in [0.3, 0.4) is 0 Å². The van der Waals surface area contributed by atoms with Crippen LogP contribution in [0.1, 0.15) is 13.8 Å². The molecular formula is C9H12O2S. The predicted octanol–water partition coefficient (Wildman–Crippen LogP) is 2.28. The van der Waals surface area contributed by atoms with Gasteiger partial charge in [0.2, 0.25) is 0 Å². The van der Waals surface area contributed by atoms with Crippen LogP contribution in [0, 0.1) is 0 Å². The maximum atomic E-state index is 5.43. The van der Waals surface area contributed by atoms with Crippen molar-refractivity contribution in [2.24, 2.45) is 0 Å². The summed E-state index contributed by atoms with van der Waals surface area (Å²) >= 11 is 1.82. The van der Waals surface area contributed by atoms with Gasteiger partial charge in [-0.05, 0) is 19.9 Å². The van der Waals surface area contributed by atoms with Gasteiger partial charge in [-0.3, -0.25) is 0 Å². The highest BCUT2D eigenvalue weighted by atomic mass is 32.2. The molecular weight excluding hydrogens is 172 g/mol.